The molecule has 0 aliphatic rings. The van der Waals surface area contributed by atoms with Gasteiger partial charge in [-0.1, -0.05) is 84.1 Å². The molecule has 0 aromatic heterocycles. The minimum atomic E-state index is -4.73. The first-order chi connectivity index (χ1) is 24.2. The zero-order valence-electron chi connectivity index (χ0n) is 32.4. The highest BCUT2D eigenvalue weighted by Gasteiger charge is 2.35. The maximum atomic E-state index is 12.0. The number of ether oxygens (including phenoxy) is 5. The number of rotatable bonds is 27. The van der Waals surface area contributed by atoms with Crippen molar-refractivity contribution in [3.05, 3.63) is 23.8 Å². The van der Waals surface area contributed by atoms with Crippen LogP contribution in [-0.4, -0.2) is 120 Å². The summed E-state index contributed by atoms with van der Waals surface area (Å²) in [6.45, 7) is 11.1. The van der Waals surface area contributed by atoms with Gasteiger partial charge in [0.05, 0.1) is 72.8 Å². The van der Waals surface area contributed by atoms with Gasteiger partial charge in [-0.15, -0.1) is 0 Å². The van der Waals surface area contributed by atoms with Crippen molar-refractivity contribution in [1.82, 2.24) is 0 Å². The Morgan fingerprint density at radius 3 is 1.84 bits per heavy atom. The Bertz CT molecular complexity index is 1140. The predicted octanol–water partition coefficient (Wildman–Crippen LogP) is 6.40. The molecule has 13 nitrogen and oxygen atoms in total. The fourth-order valence-corrected chi connectivity index (χ4v) is 4.91. The summed E-state index contributed by atoms with van der Waals surface area (Å²) in [6.07, 6.45) is 11.9. The van der Waals surface area contributed by atoms with Gasteiger partial charge >= 0.3 is 11.9 Å². The van der Waals surface area contributed by atoms with Crippen LogP contribution in [0.2, 0.25) is 0 Å². The van der Waals surface area contributed by atoms with E-state index in [2.05, 4.69) is 34.9 Å². The number of likely N-dealkylation sites (N-methyl/N-ethyl adjacent to an activating group) is 1. The van der Waals surface area contributed by atoms with Crippen LogP contribution >= 0.6 is 0 Å². The van der Waals surface area contributed by atoms with Gasteiger partial charge in [0, 0.05) is 7.11 Å². The molecule has 0 saturated carbocycles. The van der Waals surface area contributed by atoms with E-state index in [1.807, 2.05) is 0 Å². The molecule has 0 aliphatic heterocycles. The van der Waals surface area contributed by atoms with Crippen molar-refractivity contribution in [2.75, 3.05) is 74.4 Å². The largest absolute Gasteiger partial charge is 0.504 e. The Morgan fingerprint density at radius 2 is 1.35 bits per heavy atom. The fraction of sp³-hybridized carbons (Fsp3) is 0.757. The van der Waals surface area contributed by atoms with Crippen molar-refractivity contribution < 1.29 is 60.6 Å². The Labute approximate surface area is 307 Å². The molecule has 0 saturated heterocycles. The van der Waals surface area contributed by atoms with E-state index >= 15 is 0 Å². The van der Waals surface area contributed by atoms with Crippen molar-refractivity contribution in [3.8, 4) is 11.5 Å². The Kier molecular flexibility index (Phi) is 31.5. The third-order valence-electron chi connectivity index (χ3n) is 7.98. The first kappa shape index (κ1) is 50.3. The zero-order valence-corrected chi connectivity index (χ0v) is 33.2. The number of carbonyl (C=O) groups excluding carboxylic acids is 3. The molecule has 1 rings (SSSR count). The molecule has 2 N–H and O–H groups in total. The molecule has 1 unspecified atom stereocenters. The average molecular weight is 751 g/mol. The summed E-state index contributed by atoms with van der Waals surface area (Å²) in [5.74, 6) is -1.72. The van der Waals surface area contributed by atoms with Crippen molar-refractivity contribution >= 4 is 28.3 Å². The van der Waals surface area contributed by atoms with E-state index in [1.165, 1.54) is 19.6 Å². The number of carbonyl (C=O) groups is 3. The Morgan fingerprint density at radius 1 is 0.804 bits per heavy atom. The number of para-hydroxylation sites is 1. The van der Waals surface area contributed by atoms with Gasteiger partial charge in [-0.3, -0.25) is 18.9 Å². The molecule has 0 radical (unpaired) electrons. The number of benzene rings is 1. The second-order valence-electron chi connectivity index (χ2n) is 12.7. The molecular weight excluding hydrogens is 682 g/mol. The highest BCUT2D eigenvalue weighted by molar-refractivity contribution is 7.87. The average Bonchev–Trinajstić information content (AvgIpc) is 3.09. The van der Waals surface area contributed by atoms with Crippen LogP contribution in [0.1, 0.15) is 115 Å². The molecule has 1 aromatic rings. The summed E-state index contributed by atoms with van der Waals surface area (Å²) >= 11 is 0. The Hall–Kier alpha value is -2.78. The standard InChI is InChI=1S/C20H38O7S.C9H22NO2.C8H8O3/c1-3-5-7-9-11-13-15-26-19(21)17-18(28(23,24)25)20(22)27-16-14-12-10-8-6-4-2;1-5-10(2,3)6-7-12-9-8-11-4;1-11-7-4-2-3-6(5-9)8(7)10/h18H,3-17H2,1-2H3,(H,23,24,25);5-9H2,1-4H3;2-5,10H,1H3/q;+1;. The van der Waals surface area contributed by atoms with Gasteiger partial charge in [0.1, 0.15) is 6.54 Å². The molecule has 0 spiro atoms. The third-order valence-corrected chi connectivity index (χ3v) is 9.06. The van der Waals surface area contributed by atoms with E-state index in [0.717, 1.165) is 82.0 Å². The van der Waals surface area contributed by atoms with Gasteiger partial charge < -0.3 is 33.3 Å². The molecule has 51 heavy (non-hydrogen) atoms. The van der Waals surface area contributed by atoms with Crippen LogP contribution in [0.25, 0.3) is 0 Å². The maximum Gasteiger partial charge on any atom is 0.327 e. The smallest absolute Gasteiger partial charge is 0.327 e. The first-order valence-corrected chi connectivity index (χ1v) is 19.7. The molecule has 0 fully saturated rings. The molecule has 0 amide bonds. The highest BCUT2D eigenvalue weighted by atomic mass is 32.2. The van der Waals surface area contributed by atoms with Crippen LogP contribution in [-0.2, 0) is 38.7 Å². The lowest BCUT2D eigenvalue weighted by Crippen LogP contribution is -2.42. The number of phenolic OH excluding ortho intramolecular Hbond substituents is 1. The second kappa shape index (κ2) is 31.9. The maximum absolute atomic E-state index is 12.0. The number of aldehydes is 1. The molecule has 1 atom stereocenters. The molecule has 0 aliphatic carbocycles. The Balaban J connectivity index is 0. The molecule has 0 bridgehead atoms. The summed E-state index contributed by atoms with van der Waals surface area (Å²) in [6, 6.07) is 4.75. The quantitative estimate of drug-likeness (QED) is 0.0334. The van der Waals surface area contributed by atoms with Gasteiger partial charge in [-0.25, -0.2) is 0 Å². The molecule has 1 aromatic carbocycles. The van der Waals surface area contributed by atoms with E-state index in [9.17, 15) is 32.5 Å². The van der Waals surface area contributed by atoms with Gasteiger partial charge in [-0.05, 0) is 31.9 Å². The minimum Gasteiger partial charge on any atom is -0.504 e. The van der Waals surface area contributed by atoms with Gasteiger partial charge in [0.2, 0.25) is 0 Å². The summed E-state index contributed by atoms with van der Waals surface area (Å²) in [5, 5.41) is 7.31. The summed E-state index contributed by atoms with van der Waals surface area (Å²) in [7, 11) is 2.81. The van der Waals surface area contributed by atoms with E-state index in [0.29, 0.717) is 38.1 Å². The second-order valence-corrected chi connectivity index (χ2v) is 14.3. The SMILES string of the molecule is CCCCCCCCOC(=O)CC(C(=O)OCCCCCCCC)S(=O)(=O)O.CC[N+](C)(C)CCOCCOC.COc1cccc(C=O)c1O. The molecule has 298 valence electrons. The van der Waals surface area contributed by atoms with Crippen molar-refractivity contribution in [1.29, 1.82) is 0 Å². The fourth-order valence-electron chi connectivity index (χ4n) is 4.25. The number of hydrogen-bond acceptors (Lipinski definition) is 11. The summed E-state index contributed by atoms with van der Waals surface area (Å²) in [5.41, 5.74) is 0.240. The van der Waals surface area contributed by atoms with Crippen LogP contribution in [0.5, 0.6) is 11.5 Å². The van der Waals surface area contributed by atoms with Gasteiger partial charge in [0.25, 0.3) is 10.1 Å². The van der Waals surface area contributed by atoms with Crippen molar-refractivity contribution in [3.63, 3.8) is 0 Å². The van der Waals surface area contributed by atoms with E-state index in [1.54, 1.807) is 19.2 Å². The lowest BCUT2D eigenvalue weighted by atomic mass is 10.1. The third kappa shape index (κ3) is 28.5. The van der Waals surface area contributed by atoms with Gasteiger partial charge in [0.15, 0.2) is 23.0 Å². The molecule has 0 heterocycles. The van der Waals surface area contributed by atoms with E-state index in [4.69, 9.17) is 23.7 Å². The van der Waals surface area contributed by atoms with Crippen molar-refractivity contribution in [2.45, 2.75) is 109 Å². The summed E-state index contributed by atoms with van der Waals surface area (Å²) in [4.78, 5) is 34.1. The van der Waals surface area contributed by atoms with Crippen LogP contribution in [0.4, 0.5) is 0 Å². The lowest BCUT2D eigenvalue weighted by Gasteiger charge is -2.27. The van der Waals surface area contributed by atoms with Crippen molar-refractivity contribution in [2.24, 2.45) is 0 Å². The van der Waals surface area contributed by atoms with E-state index in [-0.39, 0.29) is 24.5 Å². The first-order valence-electron chi connectivity index (χ1n) is 18.2. The number of esters is 2. The number of quaternary nitrogens is 1. The number of unbranched alkanes of at least 4 members (excludes halogenated alkanes) is 10. The normalized spacial score (nSPS) is 11.7. The minimum absolute atomic E-state index is 0.0732. The van der Waals surface area contributed by atoms with Crippen LogP contribution in [0.15, 0.2) is 18.2 Å². The lowest BCUT2D eigenvalue weighted by molar-refractivity contribution is -0.888. The van der Waals surface area contributed by atoms with Crippen LogP contribution in [0.3, 0.4) is 0 Å². The topological polar surface area (TPSA) is 172 Å². The number of methoxy groups -OCH3 is 2. The number of hydrogen-bond donors (Lipinski definition) is 2. The molecule has 14 heteroatoms. The zero-order chi connectivity index (χ0) is 39.0. The highest BCUT2D eigenvalue weighted by Crippen LogP contribution is 2.27. The molecular formula is C37H68NO12S+. The van der Waals surface area contributed by atoms with E-state index < -0.39 is 33.7 Å². The van der Waals surface area contributed by atoms with Crippen LogP contribution in [0, 0.1) is 0 Å². The number of aromatic hydroxyl groups is 1. The predicted molar refractivity (Wildman–Crippen MR) is 199 cm³/mol. The van der Waals surface area contributed by atoms with Crippen LogP contribution < -0.4 is 4.74 Å². The number of nitrogens with zero attached hydrogens (tertiary/aromatic N) is 1. The monoisotopic (exact) mass is 750 g/mol. The van der Waals surface area contributed by atoms with Gasteiger partial charge in [-0.2, -0.15) is 8.42 Å². The summed E-state index contributed by atoms with van der Waals surface area (Å²) < 4.78 is 58.1. The number of phenols is 1.